The van der Waals surface area contributed by atoms with E-state index in [-0.39, 0.29) is 5.72 Å². The van der Waals surface area contributed by atoms with E-state index in [0.717, 1.165) is 25.8 Å². The zero-order valence-electron chi connectivity index (χ0n) is 9.23. The Hall–Kier alpha value is -0.0800. The molecule has 1 saturated heterocycles. The summed E-state index contributed by atoms with van der Waals surface area (Å²) >= 11 is 0. The molecule has 1 atom stereocenters. The highest BCUT2D eigenvalue weighted by molar-refractivity contribution is 4.82. The minimum absolute atomic E-state index is 0.00116. The lowest BCUT2D eigenvalue weighted by atomic mass is 9.99. The fraction of sp³-hybridized carbons (Fsp3) is 1.00. The molecule has 1 aliphatic rings. The van der Waals surface area contributed by atoms with Crippen molar-refractivity contribution in [2.45, 2.75) is 64.7 Å². The van der Waals surface area contributed by atoms with E-state index in [1.165, 1.54) is 12.8 Å². The molecule has 1 aliphatic heterocycles. The molecule has 1 unspecified atom stereocenters. The van der Waals surface area contributed by atoms with Crippen molar-refractivity contribution < 1.29 is 4.74 Å². The van der Waals surface area contributed by atoms with Crippen LogP contribution in [0.4, 0.5) is 0 Å². The largest absolute Gasteiger partial charge is 0.358 e. The van der Waals surface area contributed by atoms with Crippen molar-refractivity contribution >= 4 is 0 Å². The molecule has 0 spiro atoms. The Balaban J connectivity index is 2.53. The minimum atomic E-state index is 0.00116. The van der Waals surface area contributed by atoms with Crippen molar-refractivity contribution in [3.63, 3.8) is 0 Å². The summed E-state index contributed by atoms with van der Waals surface area (Å²) in [7, 11) is 0. The smallest absolute Gasteiger partial charge is 0.119 e. The van der Waals surface area contributed by atoms with Crippen LogP contribution in [0, 0.1) is 0 Å². The molecule has 0 amide bonds. The molecule has 0 bridgehead atoms. The maximum atomic E-state index is 6.04. The molecule has 0 aromatic heterocycles. The maximum absolute atomic E-state index is 6.04. The lowest BCUT2D eigenvalue weighted by molar-refractivity contribution is -0.144. The van der Waals surface area contributed by atoms with Crippen LogP contribution < -0.4 is 5.32 Å². The Kier molecular flexibility index (Phi) is 4.20. The van der Waals surface area contributed by atoms with Gasteiger partial charge in [-0.1, -0.05) is 26.7 Å². The van der Waals surface area contributed by atoms with Gasteiger partial charge in [-0.2, -0.15) is 0 Å². The van der Waals surface area contributed by atoms with Crippen molar-refractivity contribution in [3.8, 4) is 0 Å². The van der Waals surface area contributed by atoms with Crippen LogP contribution >= 0.6 is 0 Å². The van der Waals surface area contributed by atoms with E-state index in [1.807, 2.05) is 0 Å². The molecule has 1 N–H and O–H groups in total. The van der Waals surface area contributed by atoms with E-state index in [0.29, 0.717) is 6.10 Å². The third-order valence-corrected chi connectivity index (χ3v) is 2.73. The average Bonchev–Trinajstić information content (AvgIpc) is 2.04. The highest BCUT2D eigenvalue weighted by Crippen LogP contribution is 2.26. The molecule has 2 heteroatoms. The molecule has 2 nitrogen and oxygen atoms in total. The van der Waals surface area contributed by atoms with Gasteiger partial charge >= 0.3 is 0 Å². The van der Waals surface area contributed by atoms with Crippen LogP contribution in [0.1, 0.15) is 52.9 Å². The van der Waals surface area contributed by atoms with Crippen LogP contribution in [-0.2, 0) is 4.74 Å². The molecule has 13 heavy (non-hydrogen) atoms. The lowest BCUT2D eigenvalue weighted by Gasteiger charge is -2.41. The van der Waals surface area contributed by atoms with Gasteiger partial charge in [0.2, 0.25) is 0 Å². The summed E-state index contributed by atoms with van der Waals surface area (Å²) in [5.41, 5.74) is 0.00116. The molecule has 0 radical (unpaired) electrons. The predicted molar refractivity (Wildman–Crippen MR) is 55.7 cm³/mol. The van der Waals surface area contributed by atoms with Gasteiger partial charge in [0.05, 0.1) is 6.10 Å². The zero-order valence-corrected chi connectivity index (χ0v) is 9.23. The fourth-order valence-corrected chi connectivity index (χ4v) is 2.22. The van der Waals surface area contributed by atoms with Crippen molar-refractivity contribution in [2.24, 2.45) is 0 Å². The first kappa shape index (κ1) is 11.0. The van der Waals surface area contributed by atoms with Gasteiger partial charge in [-0.15, -0.1) is 0 Å². The van der Waals surface area contributed by atoms with E-state index in [2.05, 4.69) is 26.1 Å². The lowest BCUT2D eigenvalue weighted by Crippen LogP contribution is -2.54. The zero-order chi connectivity index (χ0) is 9.73. The molecular weight excluding hydrogens is 162 g/mol. The minimum Gasteiger partial charge on any atom is -0.358 e. The van der Waals surface area contributed by atoms with Gasteiger partial charge in [0.25, 0.3) is 0 Å². The molecule has 0 saturated carbocycles. The maximum Gasteiger partial charge on any atom is 0.119 e. The van der Waals surface area contributed by atoms with E-state index in [1.54, 1.807) is 0 Å². The van der Waals surface area contributed by atoms with Gasteiger partial charge < -0.3 is 4.74 Å². The normalized spacial score (nSPS) is 27.5. The van der Waals surface area contributed by atoms with Gasteiger partial charge in [-0.3, -0.25) is 5.32 Å². The Morgan fingerprint density at radius 3 is 2.38 bits per heavy atom. The summed E-state index contributed by atoms with van der Waals surface area (Å²) in [5, 5.41) is 3.54. The summed E-state index contributed by atoms with van der Waals surface area (Å²) in [6.45, 7) is 7.74. The molecule has 1 fully saturated rings. The summed E-state index contributed by atoms with van der Waals surface area (Å²) in [5.74, 6) is 0. The molecule has 1 heterocycles. The molecule has 78 valence electrons. The van der Waals surface area contributed by atoms with Crippen LogP contribution in [-0.4, -0.2) is 18.4 Å². The second-order valence-electron chi connectivity index (χ2n) is 4.14. The van der Waals surface area contributed by atoms with Crippen LogP contribution in [0.25, 0.3) is 0 Å². The van der Waals surface area contributed by atoms with Gasteiger partial charge in [-0.05, 0) is 26.2 Å². The van der Waals surface area contributed by atoms with Crippen molar-refractivity contribution in [2.75, 3.05) is 6.54 Å². The van der Waals surface area contributed by atoms with Gasteiger partial charge in [0, 0.05) is 6.54 Å². The quantitative estimate of drug-likeness (QED) is 0.727. The Bertz CT molecular complexity index is 136. The number of nitrogens with one attached hydrogen (secondary N) is 1. The summed E-state index contributed by atoms with van der Waals surface area (Å²) in [4.78, 5) is 0. The first-order chi connectivity index (χ1) is 6.22. The van der Waals surface area contributed by atoms with Crippen LogP contribution in [0.3, 0.4) is 0 Å². The average molecular weight is 185 g/mol. The fourth-order valence-electron chi connectivity index (χ4n) is 2.22. The van der Waals surface area contributed by atoms with Gasteiger partial charge in [0.15, 0.2) is 0 Å². The second-order valence-corrected chi connectivity index (χ2v) is 4.14. The van der Waals surface area contributed by atoms with Crippen molar-refractivity contribution in [1.82, 2.24) is 5.32 Å². The third kappa shape index (κ3) is 2.96. The van der Waals surface area contributed by atoms with E-state index in [9.17, 15) is 0 Å². The molecule has 1 rings (SSSR count). The Morgan fingerprint density at radius 1 is 1.31 bits per heavy atom. The highest BCUT2D eigenvalue weighted by atomic mass is 16.5. The first-order valence-corrected chi connectivity index (χ1v) is 5.65. The number of rotatable bonds is 4. The standard InChI is InChI=1S/C11H23NO/c1-4-7-11(8-5-2)12-9-6-10(3)13-11/h10,12H,4-9H2,1-3H3. The molecule has 0 aromatic rings. The van der Waals surface area contributed by atoms with E-state index < -0.39 is 0 Å². The molecule has 0 aromatic carbocycles. The van der Waals surface area contributed by atoms with Crippen molar-refractivity contribution in [1.29, 1.82) is 0 Å². The second kappa shape index (κ2) is 4.97. The summed E-state index contributed by atoms with van der Waals surface area (Å²) in [6, 6.07) is 0. The SMILES string of the molecule is CCCC1(CCC)NCCC(C)O1. The van der Waals surface area contributed by atoms with E-state index >= 15 is 0 Å². The topological polar surface area (TPSA) is 21.3 Å². The Morgan fingerprint density at radius 2 is 1.92 bits per heavy atom. The van der Waals surface area contributed by atoms with Crippen LogP contribution in [0.2, 0.25) is 0 Å². The molecular formula is C11H23NO. The van der Waals surface area contributed by atoms with Crippen LogP contribution in [0.5, 0.6) is 0 Å². The number of hydrogen-bond acceptors (Lipinski definition) is 2. The molecule has 0 aliphatic carbocycles. The predicted octanol–water partition coefficient (Wildman–Crippen LogP) is 2.68. The van der Waals surface area contributed by atoms with Gasteiger partial charge in [-0.25, -0.2) is 0 Å². The Labute approximate surface area is 82.0 Å². The highest BCUT2D eigenvalue weighted by Gasteiger charge is 2.33. The monoisotopic (exact) mass is 185 g/mol. The number of ether oxygens (including phenoxy) is 1. The van der Waals surface area contributed by atoms with E-state index in [4.69, 9.17) is 4.74 Å². The summed E-state index contributed by atoms with van der Waals surface area (Å²) in [6.07, 6.45) is 6.25. The third-order valence-electron chi connectivity index (χ3n) is 2.73. The van der Waals surface area contributed by atoms with Crippen LogP contribution in [0.15, 0.2) is 0 Å². The van der Waals surface area contributed by atoms with Crippen molar-refractivity contribution in [3.05, 3.63) is 0 Å². The first-order valence-electron chi connectivity index (χ1n) is 5.65. The van der Waals surface area contributed by atoms with Gasteiger partial charge in [0.1, 0.15) is 5.72 Å². The summed E-state index contributed by atoms with van der Waals surface area (Å²) < 4.78 is 6.04. The number of hydrogen-bond donors (Lipinski definition) is 1.